The van der Waals surface area contributed by atoms with Crippen molar-refractivity contribution in [3.63, 3.8) is 0 Å². The maximum atomic E-state index is 10.8. The first kappa shape index (κ1) is 19.8. The number of non-ortho nitro benzene ring substituents is 1. The summed E-state index contributed by atoms with van der Waals surface area (Å²) >= 11 is 1.46. The zero-order valence-corrected chi connectivity index (χ0v) is 17.3. The van der Waals surface area contributed by atoms with E-state index in [9.17, 15) is 10.1 Å². The molecule has 0 saturated heterocycles. The zero-order valence-electron chi connectivity index (χ0n) is 16.5. The fraction of sp³-hybridized carbons (Fsp3) is 0.200. The summed E-state index contributed by atoms with van der Waals surface area (Å²) in [6.45, 7) is 6.05. The normalized spacial score (nSPS) is 12.1. The molecule has 0 bridgehead atoms. The summed E-state index contributed by atoms with van der Waals surface area (Å²) in [7, 11) is 0. The molecule has 1 unspecified atom stereocenters. The minimum absolute atomic E-state index is 0.00754. The Hall–Kier alpha value is -3.53. The molecule has 152 valence electrons. The quantitative estimate of drug-likeness (QED) is 0.250. The molecular formula is C20H18N6O3S. The highest BCUT2D eigenvalue weighted by Crippen LogP contribution is 2.35. The lowest BCUT2D eigenvalue weighted by molar-refractivity contribution is -0.384. The first-order chi connectivity index (χ1) is 14.4. The van der Waals surface area contributed by atoms with Crippen LogP contribution in [0.3, 0.4) is 0 Å². The summed E-state index contributed by atoms with van der Waals surface area (Å²) in [4.78, 5) is 10.3. The fourth-order valence-corrected chi connectivity index (χ4v) is 3.86. The van der Waals surface area contributed by atoms with Crippen LogP contribution in [0.4, 0.5) is 5.69 Å². The van der Waals surface area contributed by atoms with E-state index in [0.717, 1.165) is 11.3 Å². The Bertz CT molecular complexity index is 1200. The van der Waals surface area contributed by atoms with Crippen LogP contribution in [0.25, 0.3) is 17.1 Å². The molecule has 0 aliphatic rings. The standard InChI is InChI=1S/C20H18N6O3S/c1-12-4-9-17(13(2)10-12)25-11-21-24-20(25)30-14(3)18-22-23-19(29-18)15-5-7-16(8-6-15)26(27)28/h4-11,14H,1-3H3. The van der Waals surface area contributed by atoms with Crippen molar-refractivity contribution < 1.29 is 9.34 Å². The van der Waals surface area contributed by atoms with Crippen molar-refractivity contribution in [1.29, 1.82) is 0 Å². The van der Waals surface area contributed by atoms with E-state index in [2.05, 4.69) is 46.4 Å². The van der Waals surface area contributed by atoms with Crippen LogP contribution in [0.15, 0.2) is 58.4 Å². The van der Waals surface area contributed by atoms with Crippen LogP contribution in [0.5, 0.6) is 0 Å². The topological polar surface area (TPSA) is 113 Å². The molecule has 2 aromatic heterocycles. The van der Waals surface area contributed by atoms with Gasteiger partial charge in [-0.1, -0.05) is 29.5 Å². The summed E-state index contributed by atoms with van der Waals surface area (Å²) < 4.78 is 7.73. The summed E-state index contributed by atoms with van der Waals surface area (Å²) in [5.41, 5.74) is 3.96. The average Bonchev–Trinajstić information content (AvgIpc) is 3.38. The first-order valence-electron chi connectivity index (χ1n) is 9.15. The zero-order chi connectivity index (χ0) is 21.3. The van der Waals surface area contributed by atoms with Crippen LogP contribution in [-0.4, -0.2) is 29.9 Å². The first-order valence-corrected chi connectivity index (χ1v) is 10.0. The average molecular weight is 422 g/mol. The van der Waals surface area contributed by atoms with Crippen molar-refractivity contribution in [3.8, 4) is 17.1 Å². The van der Waals surface area contributed by atoms with E-state index in [1.165, 1.54) is 29.5 Å². The van der Waals surface area contributed by atoms with Gasteiger partial charge in [0.2, 0.25) is 11.8 Å². The van der Waals surface area contributed by atoms with Crippen LogP contribution in [0.1, 0.15) is 29.2 Å². The van der Waals surface area contributed by atoms with E-state index in [1.54, 1.807) is 18.5 Å². The lowest BCUT2D eigenvalue weighted by atomic mass is 10.1. The molecule has 1 atom stereocenters. The van der Waals surface area contributed by atoms with Crippen molar-refractivity contribution in [1.82, 2.24) is 25.0 Å². The minimum atomic E-state index is -0.451. The third-order valence-electron chi connectivity index (χ3n) is 4.52. The Labute approximate surface area is 176 Å². The van der Waals surface area contributed by atoms with Gasteiger partial charge in [-0.25, -0.2) is 0 Å². The Morgan fingerprint density at radius 3 is 2.57 bits per heavy atom. The SMILES string of the molecule is Cc1ccc(-n2cnnc2SC(C)c2nnc(-c3ccc([N+](=O)[O-])cc3)o2)c(C)c1. The number of nitro benzene ring substituents is 1. The van der Waals surface area contributed by atoms with Gasteiger partial charge in [-0.3, -0.25) is 14.7 Å². The van der Waals surface area contributed by atoms with E-state index < -0.39 is 4.92 Å². The van der Waals surface area contributed by atoms with Crippen LogP contribution in [0.2, 0.25) is 0 Å². The van der Waals surface area contributed by atoms with Gasteiger partial charge in [0.05, 0.1) is 15.9 Å². The number of hydrogen-bond donors (Lipinski definition) is 0. The summed E-state index contributed by atoms with van der Waals surface area (Å²) in [5.74, 6) is 0.742. The Kier molecular flexibility index (Phi) is 5.32. The van der Waals surface area contributed by atoms with Gasteiger partial charge < -0.3 is 4.42 Å². The molecule has 0 radical (unpaired) electrons. The largest absolute Gasteiger partial charge is 0.419 e. The smallest absolute Gasteiger partial charge is 0.269 e. The van der Waals surface area contributed by atoms with Gasteiger partial charge >= 0.3 is 0 Å². The molecule has 4 aromatic rings. The van der Waals surface area contributed by atoms with Crippen molar-refractivity contribution in [2.45, 2.75) is 31.2 Å². The van der Waals surface area contributed by atoms with Gasteiger partial charge in [0, 0.05) is 17.7 Å². The third-order valence-corrected chi connectivity index (χ3v) is 5.57. The molecule has 30 heavy (non-hydrogen) atoms. The number of hydrogen-bond acceptors (Lipinski definition) is 8. The van der Waals surface area contributed by atoms with Crippen LogP contribution in [0, 0.1) is 24.0 Å². The van der Waals surface area contributed by atoms with E-state index in [1.807, 2.05) is 17.6 Å². The van der Waals surface area contributed by atoms with Crippen LogP contribution >= 0.6 is 11.8 Å². The van der Waals surface area contributed by atoms with Crippen molar-refractivity contribution in [3.05, 3.63) is 75.9 Å². The summed E-state index contributed by atoms with van der Waals surface area (Å²) in [6.07, 6.45) is 1.68. The van der Waals surface area contributed by atoms with Crippen molar-refractivity contribution in [2.24, 2.45) is 0 Å². The molecule has 0 saturated carbocycles. The second-order valence-electron chi connectivity index (χ2n) is 6.78. The monoisotopic (exact) mass is 422 g/mol. The number of rotatable bonds is 6. The Morgan fingerprint density at radius 1 is 1.10 bits per heavy atom. The second kappa shape index (κ2) is 8.07. The molecule has 10 heteroatoms. The second-order valence-corrected chi connectivity index (χ2v) is 8.09. The number of aromatic nitrogens is 5. The van der Waals surface area contributed by atoms with Crippen molar-refractivity contribution in [2.75, 3.05) is 0 Å². The Morgan fingerprint density at radius 2 is 1.87 bits per heavy atom. The molecular weight excluding hydrogens is 404 g/mol. The van der Waals surface area contributed by atoms with E-state index >= 15 is 0 Å². The van der Waals surface area contributed by atoms with Gasteiger partial charge in [0.15, 0.2) is 5.16 Å². The van der Waals surface area contributed by atoms with Gasteiger partial charge in [0.1, 0.15) is 6.33 Å². The number of thioether (sulfide) groups is 1. The highest BCUT2D eigenvalue weighted by atomic mass is 32.2. The van der Waals surface area contributed by atoms with E-state index in [4.69, 9.17) is 4.42 Å². The number of aryl methyl sites for hydroxylation is 2. The van der Waals surface area contributed by atoms with Crippen LogP contribution in [-0.2, 0) is 0 Å². The molecule has 0 aliphatic heterocycles. The predicted octanol–water partition coefficient (Wildman–Crippen LogP) is 4.70. The predicted molar refractivity (Wildman–Crippen MR) is 111 cm³/mol. The number of nitrogens with zero attached hydrogens (tertiary/aromatic N) is 6. The van der Waals surface area contributed by atoms with Crippen LogP contribution < -0.4 is 0 Å². The maximum absolute atomic E-state index is 10.8. The molecule has 2 aromatic carbocycles. The van der Waals surface area contributed by atoms with E-state index in [0.29, 0.717) is 22.5 Å². The molecule has 4 rings (SSSR count). The van der Waals surface area contributed by atoms with Crippen molar-refractivity contribution >= 4 is 17.4 Å². The molecule has 0 fully saturated rings. The molecule has 0 N–H and O–H groups in total. The summed E-state index contributed by atoms with van der Waals surface area (Å²) in [6, 6.07) is 12.2. The maximum Gasteiger partial charge on any atom is 0.269 e. The summed E-state index contributed by atoms with van der Waals surface area (Å²) in [5, 5.41) is 27.8. The third kappa shape index (κ3) is 3.94. The molecule has 9 nitrogen and oxygen atoms in total. The lowest BCUT2D eigenvalue weighted by Crippen LogP contribution is -2.00. The van der Waals surface area contributed by atoms with Gasteiger partial charge in [-0.15, -0.1) is 20.4 Å². The van der Waals surface area contributed by atoms with Gasteiger partial charge in [0.25, 0.3) is 5.69 Å². The molecule has 0 spiro atoms. The number of benzene rings is 2. The fourth-order valence-electron chi connectivity index (χ4n) is 3.00. The lowest BCUT2D eigenvalue weighted by Gasteiger charge is -2.11. The Balaban J connectivity index is 1.54. The number of nitro groups is 1. The molecule has 2 heterocycles. The van der Waals surface area contributed by atoms with E-state index in [-0.39, 0.29) is 10.9 Å². The highest BCUT2D eigenvalue weighted by Gasteiger charge is 2.20. The highest BCUT2D eigenvalue weighted by molar-refractivity contribution is 7.99. The van der Waals surface area contributed by atoms with Gasteiger partial charge in [-0.05, 0) is 44.5 Å². The molecule has 0 aliphatic carbocycles. The molecule has 0 amide bonds. The van der Waals surface area contributed by atoms with Gasteiger partial charge in [-0.2, -0.15) is 0 Å². The minimum Gasteiger partial charge on any atom is -0.419 e.